The van der Waals surface area contributed by atoms with Gasteiger partial charge in [0.1, 0.15) is 12.7 Å². The van der Waals surface area contributed by atoms with E-state index in [0.717, 1.165) is 25.2 Å². The molecule has 0 aliphatic carbocycles. The van der Waals surface area contributed by atoms with Crippen LogP contribution in [0.15, 0.2) is 47.5 Å². The smallest absolute Gasteiger partial charge is 0.241 e. The summed E-state index contributed by atoms with van der Waals surface area (Å²) in [6.45, 7) is 3.70. The van der Waals surface area contributed by atoms with Crippen molar-refractivity contribution in [2.24, 2.45) is 5.92 Å². The molecule has 1 aliphatic heterocycles. The van der Waals surface area contributed by atoms with E-state index in [9.17, 15) is 0 Å². The maximum absolute atomic E-state index is 5.43. The molecular weight excluding hydrogens is 304 g/mol. The fourth-order valence-corrected chi connectivity index (χ4v) is 3.25. The van der Waals surface area contributed by atoms with E-state index in [2.05, 4.69) is 25.1 Å². The van der Waals surface area contributed by atoms with Crippen molar-refractivity contribution in [2.75, 3.05) is 13.1 Å². The predicted octanol–water partition coefficient (Wildman–Crippen LogP) is 2.24. The van der Waals surface area contributed by atoms with Crippen LogP contribution in [0, 0.1) is 5.92 Å². The van der Waals surface area contributed by atoms with E-state index < -0.39 is 0 Å². The van der Waals surface area contributed by atoms with Gasteiger partial charge < -0.3 is 4.52 Å². The first-order valence-corrected chi connectivity index (χ1v) is 8.29. The van der Waals surface area contributed by atoms with E-state index in [1.807, 2.05) is 35.0 Å². The highest BCUT2D eigenvalue weighted by molar-refractivity contribution is 5.53. The van der Waals surface area contributed by atoms with Gasteiger partial charge in [-0.1, -0.05) is 35.5 Å². The van der Waals surface area contributed by atoms with Crippen LogP contribution in [0.25, 0.3) is 11.4 Å². The fourth-order valence-electron chi connectivity index (χ4n) is 3.25. The first kappa shape index (κ1) is 15.0. The molecule has 1 aliphatic rings. The Kier molecular flexibility index (Phi) is 4.33. The van der Waals surface area contributed by atoms with Gasteiger partial charge in [-0.2, -0.15) is 10.1 Å². The molecule has 124 valence electrons. The van der Waals surface area contributed by atoms with Crippen molar-refractivity contribution in [1.82, 2.24) is 29.8 Å². The first-order valence-electron chi connectivity index (χ1n) is 8.29. The Labute approximate surface area is 140 Å². The highest BCUT2D eigenvalue weighted by Crippen LogP contribution is 2.21. The maximum Gasteiger partial charge on any atom is 0.241 e. The van der Waals surface area contributed by atoms with Crippen molar-refractivity contribution in [3.05, 3.63) is 48.9 Å². The molecule has 7 heteroatoms. The number of aromatic nitrogens is 5. The highest BCUT2D eigenvalue weighted by Gasteiger charge is 2.22. The van der Waals surface area contributed by atoms with Crippen molar-refractivity contribution in [2.45, 2.75) is 25.9 Å². The average Bonchev–Trinajstić information content (AvgIpc) is 3.28. The minimum atomic E-state index is 0.581. The van der Waals surface area contributed by atoms with Crippen LogP contribution in [0.2, 0.25) is 0 Å². The summed E-state index contributed by atoms with van der Waals surface area (Å²) in [4.78, 5) is 10.9. The Hall–Kier alpha value is -2.54. The second-order valence-corrected chi connectivity index (χ2v) is 6.24. The van der Waals surface area contributed by atoms with E-state index >= 15 is 0 Å². The molecular formula is C17H20N6O. The summed E-state index contributed by atoms with van der Waals surface area (Å²) in [7, 11) is 0. The van der Waals surface area contributed by atoms with Crippen LogP contribution in [0.1, 0.15) is 18.7 Å². The van der Waals surface area contributed by atoms with Crippen LogP contribution in [0.3, 0.4) is 0 Å². The van der Waals surface area contributed by atoms with Crippen molar-refractivity contribution < 1.29 is 4.52 Å². The molecule has 0 spiro atoms. The van der Waals surface area contributed by atoms with Gasteiger partial charge in [0, 0.05) is 18.7 Å². The Morgan fingerprint density at radius 3 is 2.96 bits per heavy atom. The number of likely N-dealkylation sites (tertiary alicyclic amines) is 1. The number of rotatable bonds is 5. The van der Waals surface area contributed by atoms with E-state index in [-0.39, 0.29) is 0 Å². The summed E-state index contributed by atoms with van der Waals surface area (Å²) in [5.74, 6) is 1.91. The maximum atomic E-state index is 5.43. The van der Waals surface area contributed by atoms with Gasteiger partial charge in [-0.05, 0) is 25.3 Å². The average molecular weight is 324 g/mol. The van der Waals surface area contributed by atoms with Crippen LogP contribution in [0.5, 0.6) is 0 Å². The Morgan fingerprint density at radius 1 is 1.21 bits per heavy atom. The molecule has 1 saturated heterocycles. The topological polar surface area (TPSA) is 72.9 Å². The third-order valence-corrected chi connectivity index (χ3v) is 4.37. The third-order valence-electron chi connectivity index (χ3n) is 4.37. The van der Waals surface area contributed by atoms with E-state index in [0.29, 0.717) is 24.2 Å². The number of hydrogen-bond donors (Lipinski definition) is 0. The zero-order chi connectivity index (χ0) is 16.2. The van der Waals surface area contributed by atoms with Gasteiger partial charge in [0.15, 0.2) is 0 Å². The summed E-state index contributed by atoms with van der Waals surface area (Å²) < 4.78 is 7.34. The van der Waals surface area contributed by atoms with Crippen LogP contribution < -0.4 is 0 Å². The lowest BCUT2D eigenvalue weighted by Crippen LogP contribution is -2.36. The largest absolute Gasteiger partial charge is 0.338 e. The van der Waals surface area contributed by atoms with Gasteiger partial charge in [-0.25, -0.2) is 4.98 Å². The number of hydrogen-bond acceptors (Lipinski definition) is 6. The van der Waals surface area contributed by atoms with Gasteiger partial charge >= 0.3 is 0 Å². The first-order chi connectivity index (χ1) is 11.9. The minimum Gasteiger partial charge on any atom is -0.338 e. The standard InChI is InChI=1S/C17H20N6O/c1-2-6-15(7-3-1)17-20-16(24-21-17)11-22-8-4-5-14(9-22)10-23-13-18-12-19-23/h1-3,6-7,12-14H,4-5,8-11H2/t14-/m1/s1. The molecule has 0 saturated carbocycles. The molecule has 0 unspecified atom stereocenters. The molecule has 2 aromatic heterocycles. The van der Waals surface area contributed by atoms with Gasteiger partial charge in [0.05, 0.1) is 6.54 Å². The Bertz CT molecular complexity index is 755. The molecule has 0 bridgehead atoms. The summed E-state index contributed by atoms with van der Waals surface area (Å²) in [6, 6.07) is 9.91. The summed E-state index contributed by atoms with van der Waals surface area (Å²) >= 11 is 0. The third kappa shape index (κ3) is 3.51. The normalized spacial score (nSPS) is 18.8. The lowest BCUT2D eigenvalue weighted by Gasteiger charge is -2.31. The molecule has 4 rings (SSSR count). The quantitative estimate of drug-likeness (QED) is 0.716. The second-order valence-electron chi connectivity index (χ2n) is 6.24. The van der Waals surface area contributed by atoms with Crippen molar-refractivity contribution in [3.8, 4) is 11.4 Å². The molecule has 1 aromatic carbocycles. The van der Waals surface area contributed by atoms with Gasteiger partial charge in [-0.3, -0.25) is 9.58 Å². The molecule has 3 aromatic rings. The summed E-state index contributed by atoms with van der Waals surface area (Å²) in [5, 5.41) is 8.30. The summed E-state index contributed by atoms with van der Waals surface area (Å²) in [5.41, 5.74) is 0.982. The molecule has 7 nitrogen and oxygen atoms in total. The van der Waals surface area contributed by atoms with E-state index in [4.69, 9.17) is 4.52 Å². The monoisotopic (exact) mass is 324 g/mol. The van der Waals surface area contributed by atoms with Gasteiger partial charge in [-0.15, -0.1) is 0 Å². The highest BCUT2D eigenvalue weighted by atomic mass is 16.5. The van der Waals surface area contributed by atoms with Gasteiger partial charge in [0.25, 0.3) is 0 Å². The van der Waals surface area contributed by atoms with Crippen LogP contribution in [0.4, 0.5) is 0 Å². The van der Waals surface area contributed by atoms with Crippen LogP contribution in [-0.4, -0.2) is 42.9 Å². The molecule has 3 heterocycles. The lowest BCUT2D eigenvalue weighted by atomic mass is 9.98. The van der Waals surface area contributed by atoms with Crippen molar-refractivity contribution in [3.63, 3.8) is 0 Å². The predicted molar refractivity (Wildman–Crippen MR) is 87.8 cm³/mol. The zero-order valence-electron chi connectivity index (χ0n) is 13.5. The van der Waals surface area contributed by atoms with E-state index in [1.165, 1.54) is 12.8 Å². The Balaban J connectivity index is 1.37. The number of benzene rings is 1. The molecule has 0 radical (unpaired) electrons. The lowest BCUT2D eigenvalue weighted by molar-refractivity contribution is 0.138. The van der Waals surface area contributed by atoms with Gasteiger partial charge in [0.2, 0.25) is 11.7 Å². The minimum absolute atomic E-state index is 0.581. The second kappa shape index (κ2) is 6.92. The Morgan fingerprint density at radius 2 is 2.12 bits per heavy atom. The number of piperidine rings is 1. The van der Waals surface area contributed by atoms with Crippen molar-refractivity contribution >= 4 is 0 Å². The summed E-state index contributed by atoms with van der Waals surface area (Å²) in [6.07, 6.45) is 5.77. The molecule has 0 amide bonds. The number of nitrogens with zero attached hydrogens (tertiary/aromatic N) is 6. The molecule has 1 fully saturated rings. The van der Waals surface area contributed by atoms with Crippen LogP contribution >= 0.6 is 0 Å². The molecule has 0 N–H and O–H groups in total. The molecule has 1 atom stereocenters. The fraction of sp³-hybridized carbons (Fsp3) is 0.412. The zero-order valence-corrected chi connectivity index (χ0v) is 13.5. The van der Waals surface area contributed by atoms with E-state index in [1.54, 1.807) is 12.7 Å². The SMILES string of the molecule is c1ccc(-c2noc(CN3CCC[C@@H](Cn4cncn4)C3)n2)cc1. The molecule has 24 heavy (non-hydrogen) atoms. The van der Waals surface area contributed by atoms with Crippen LogP contribution in [-0.2, 0) is 13.1 Å². The van der Waals surface area contributed by atoms with Crippen molar-refractivity contribution in [1.29, 1.82) is 0 Å².